The van der Waals surface area contributed by atoms with Crippen LogP contribution in [0.25, 0.3) is 10.9 Å². The van der Waals surface area contributed by atoms with Crippen molar-refractivity contribution in [3.8, 4) is 11.6 Å². The van der Waals surface area contributed by atoms with Crippen LogP contribution in [0.3, 0.4) is 0 Å². The predicted molar refractivity (Wildman–Crippen MR) is 119 cm³/mol. The first kappa shape index (κ1) is 21.3. The van der Waals surface area contributed by atoms with Crippen LogP contribution in [0.4, 0.5) is 16.0 Å². The maximum absolute atomic E-state index is 14.8. The van der Waals surface area contributed by atoms with Gasteiger partial charge in [0.25, 0.3) is 5.91 Å². The lowest BCUT2D eigenvalue weighted by Crippen LogP contribution is -2.26. The Morgan fingerprint density at radius 2 is 2.06 bits per heavy atom. The van der Waals surface area contributed by atoms with E-state index in [1.54, 1.807) is 49.6 Å². The summed E-state index contributed by atoms with van der Waals surface area (Å²) >= 11 is 0. The minimum atomic E-state index is -0.466. The molecule has 0 saturated carbocycles. The van der Waals surface area contributed by atoms with Crippen LogP contribution in [-0.2, 0) is 4.74 Å². The Bertz CT molecular complexity index is 1260. The zero-order chi connectivity index (χ0) is 22.5. The van der Waals surface area contributed by atoms with E-state index >= 15 is 0 Å². The second kappa shape index (κ2) is 9.44. The molecule has 0 bridgehead atoms. The first-order chi connectivity index (χ1) is 15.5. The maximum Gasteiger partial charge on any atom is 0.251 e. The lowest BCUT2D eigenvalue weighted by atomic mass is 10.2. The molecule has 4 aromatic rings. The summed E-state index contributed by atoms with van der Waals surface area (Å²) in [6, 6.07) is 13.5. The summed E-state index contributed by atoms with van der Waals surface area (Å²) in [4.78, 5) is 23.8. The van der Waals surface area contributed by atoms with Gasteiger partial charge >= 0.3 is 0 Å². The van der Waals surface area contributed by atoms with Gasteiger partial charge in [-0.1, -0.05) is 6.07 Å². The highest BCUT2D eigenvalue weighted by Gasteiger charge is 2.13. The fourth-order valence-electron chi connectivity index (χ4n) is 3.17. The number of aromatic amines is 1. The summed E-state index contributed by atoms with van der Waals surface area (Å²) in [6.45, 7) is 2.71. The first-order valence-corrected chi connectivity index (χ1v) is 9.96. The van der Waals surface area contributed by atoms with Gasteiger partial charge in [0, 0.05) is 53.8 Å². The summed E-state index contributed by atoms with van der Waals surface area (Å²) in [5.41, 5.74) is 2.66. The topological polar surface area (TPSA) is 101 Å². The first-order valence-electron chi connectivity index (χ1n) is 9.96. The number of aryl methyl sites for hydroxylation is 1. The fourth-order valence-corrected chi connectivity index (χ4v) is 3.17. The Kier molecular flexibility index (Phi) is 6.27. The Morgan fingerprint density at radius 3 is 2.91 bits per heavy atom. The highest BCUT2D eigenvalue weighted by Crippen LogP contribution is 2.30. The molecule has 0 spiro atoms. The number of fused-ring (bicyclic) bond motifs is 1. The van der Waals surface area contributed by atoms with E-state index in [9.17, 15) is 9.18 Å². The van der Waals surface area contributed by atoms with Crippen molar-refractivity contribution in [2.24, 2.45) is 0 Å². The SMILES string of the molecule is COCCNC(=O)c1cccc(Nc2nccc(Oc3ccc4[nH]c(C)cc4c3F)n2)c1. The molecule has 8 nitrogen and oxygen atoms in total. The molecule has 9 heteroatoms. The summed E-state index contributed by atoms with van der Waals surface area (Å²) in [5.74, 6) is -0.183. The van der Waals surface area contributed by atoms with Crippen LogP contribution in [0, 0.1) is 12.7 Å². The largest absolute Gasteiger partial charge is 0.436 e. The van der Waals surface area contributed by atoms with Crippen molar-refractivity contribution >= 4 is 28.4 Å². The van der Waals surface area contributed by atoms with Gasteiger partial charge in [-0.2, -0.15) is 4.98 Å². The highest BCUT2D eigenvalue weighted by molar-refractivity contribution is 5.95. The van der Waals surface area contributed by atoms with E-state index < -0.39 is 5.82 Å². The van der Waals surface area contributed by atoms with Crippen LogP contribution in [0.1, 0.15) is 16.1 Å². The lowest BCUT2D eigenvalue weighted by Gasteiger charge is -2.10. The second-order valence-corrected chi connectivity index (χ2v) is 7.07. The van der Waals surface area contributed by atoms with Gasteiger partial charge in [-0.3, -0.25) is 4.79 Å². The van der Waals surface area contributed by atoms with Crippen LogP contribution in [0.15, 0.2) is 54.7 Å². The van der Waals surface area contributed by atoms with Crippen molar-refractivity contribution in [2.45, 2.75) is 6.92 Å². The Hall–Kier alpha value is -3.98. The van der Waals surface area contributed by atoms with Gasteiger partial charge in [0.05, 0.1) is 6.61 Å². The molecule has 0 unspecified atom stereocenters. The predicted octanol–water partition coefficient (Wildman–Crippen LogP) is 4.32. The maximum atomic E-state index is 14.8. The number of nitrogens with zero attached hydrogens (tertiary/aromatic N) is 2. The summed E-state index contributed by atoms with van der Waals surface area (Å²) in [5, 5.41) is 6.25. The zero-order valence-corrected chi connectivity index (χ0v) is 17.6. The van der Waals surface area contributed by atoms with Gasteiger partial charge in [-0.05, 0) is 43.3 Å². The Balaban J connectivity index is 1.49. The number of halogens is 1. The van der Waals surface area contributed by atoms with Crippen LogP contribution in [-0.4, -0.2) is 41.1 Å². The molecule has 0 aliphatic rings. The van der Waals surface area contributed by atoms with E-state index in [2.05, 4.69) is 25.6 Å². The molecular formula is C23H22FN5O3. The molecule has 0 aliphatic carbocycles. The Morgan fingerprint density at radius 1 is 1.19 bits per heavy atom. The number of nitrogens with one attached hydrogen (secondary N) is 3. The van der Waals surface area contributed by atoms with Crippen LogP contribution >= 0.6 is 0 Å². The minimum Gasteiger partial charge on any atom is -0.436 e. The van der Waals surface area contributed by atoms with E-state index in [1.807, 2.05) is 6.92 Å². The number of methoxy groups -OCH3 is 1. The van der Waals surface area contributed by atoms with E-state index in [4.69, 9.17) is 9.47 Å². The molecule has 3 N–H and O–H groups in total. The molecule has 2 heterocycles. The number of carbonyl (C=O) groups excluding carboxylic acids is 1. The monoisotopic (exact) mass is 435 g/mol. The molecule has 0 saturated heterocycles. The van der Waals surface area contributed by atoms with Gasteiger partial charge in [-0.25, -0.2) is 9.37 Å². The number of carbonyl (C=O) groups is 1. The number of aromatic nitrogens is 3. The van der Waals surface area contributed by atoms with Gasteiger partial charge < -0.3 is 25.1 Å². The van der Waals surface area contributed by atoms with Gasteiger partial charge in [0.1, 0.15) is 0 Å². The fraction of sp³-hybridized carbons (Fsp3) is 0.174. The van der Waals surface area contributed by atoms with Crippen molar-refractivity contribution in [3.05, 3.63) is 71.8 Å². The van der Waals surface area contributed by atoms with Crippen LogP contribution < -0.4 is 15.4 Å². The number of H-pyrrole nitrogens is 1. The molecule has 0 aliphatic heterocycles. The molecule has 0 fully saturated rings. The molecule has 2 aromatic heterocycles. The van der Waals surface area contributed by atoms with Crippen molar-refractivity contribution in [1.29, 1.82) is 0 Å². The van der Waals surface area contributed by atoms with E-state index in [1.165, 1.54) is 12.3 Å². The van der Waals surface area contributed by atoms with E-state index in [0.29, 0.717) is 35.3 Å². The van der Waals surface area contributed by atoms with Crippen molar-refractivity contribution < 1.29 is 18.7 Å². The molecular weight excluding hydrogens is 413 g/mol. The molecule has 0 atom stereocenters. The summed E-state index contributed by atoms with van der Waals surface area (Å²) in [6.07, 6.45) is 1.50. The number of ether oxygens (including phenoxy) is 2. The number of amides is 1. The van der Waals surface area contributed by atoms with Gasteiger partial charge in [0.15, 0.2) is 11.6 Å². The Labute approximate surface area is 183 Å². The van der Waals surface area contributed by atoms with E-state index in [0.717, 1.165) is 5.69 Å². The number of rotatable bonds is 8. The van der Waals surface area contributed by atoms with Gasteiger partial charge in [-0.15, -0.1) is 0 Å². The quantitative estimate of drug-likeness (QED) is 0.357. The highest BCUT2D eigenvalue weighted by atomic mass is 19.1. The molecule has 0 radical (unpaired) electrons. The average molecular weight is 435 g/mol. The van der Waals surface area contributed by atoms with Crippen molar-refractivity contribution in [1.82, 2.24) is 20.3 Å². The van der Waals surface area contributed by atoms with Gasteiger partial charge in [0.2, 0.25) is 11.8 Å². The zero-order valence-electron chi connectivity index (χ0n) is 17.6. The number of anilines is 2. The normalized spacial score (nSPS) is 10.8. The van der Waals surface area contributed by atoms with Crippen molar-refractivity contribution in [2.75, 3.05) is 25.6 Å². The number of hydrogen-bond acceptors (Lipinski definition) is 6. The summed E-state index contributed by atoms with van der Waals surface area (Å²) in [7, 11) is 1.57. The average Bonchev–Trinajstić information content (AvgIpc) is 3.17. The third kappa shape index (κ3) is 4.84. The van der Waals surface area contributed by atoms with E-state index in [-0.39, 0.29) is 23.5 Å². The van der Waals surface area contributed by atoms with Crippen LogP contribution in [0.2, 0.25) is 0 Å². The molecule has 1 amide bonds. The molecule has 164 valence electrons. The smallest absolute Gasteiger partial charge is 0.251 e. The van der Waals surface area contributed by atoms with Crippen LogP contribution in [0.5, 0.6) is 11.6 Å². The third-order valence-corrected chi connectivity index (χ3v) is 4.65. The second-order valence-electron chi connectivity index (χ2n) is 7.07. The molecule has 4 rings (SSSR count). The third-order valence-electron chi connectivity index (χ3n) is 4.65. The molecule has 32 heavy (non-hydrogen) atoms. The van der Waals surface area contributed by atoms with Crippen molar-refractivity contribution in [3.63, 3.8) is 0 Å². The number of benzene rings is 2. The number of hydrogen-bond donors (Lipinski definition) is 3. The molecule has 2 aromatic carbocycles. The minimum absolute atomic E-state index is 0.0656. The lowest BCUT2D eigenvalue weighted by molar-refractivity contribution is 0.0937. The summed E-state index contributed by atoms with van der Waals surface area (Å²) < 4.78 is 25.4. The standard InChI is InChI=1S/C23H22FN5O3/c1-14-12-17-18(27-14)6-7-19(21(17)24)32-20-8-9-26-23(29-20)28-16-5-3-4-15(13-16)22(30)25-10-11-31-2/h3-9,12-13,27H,10-11H2,1-2H3,(H,25,30)(H,26,28,29).